The Bertz CT molecular complexity index is 704. The molecule has 1 fully saturated rings. The highest BCUT2D eigenvalue weighted by Gasteiger charge is 2.37. The van der Waals surface area contributed by atoms with Crippen LogP contribution < -0.4 is 4.74 Å². The topological polar surface area (TPSA) is 59.5 Å². The summed E-state index contributed by atoms with van der Waals surface area (Å²) in [5, 5.41) is 0. The molecule has 0 radical (unpaired) electrons. The molecule has 25 heavy (non-hydrogen) atoms. The van der Waals surface area contributed by atoms with Gasteiger partial charge in [0.05, 0.1) is 24.3 Å². The summed E-state index contributed by atoms with van der Waals surface area (Å²) in [6.45, 7) is -0.304. The number of alkyl halides is 6. The molecule has 5 nitrogen and oxygen atoms in total. The number of halogens is 6. The van der Waals surface area contributed by atoms with Crippen LogP contribution in [0.3, 0.4) is 0 Å². The molecule has 142 valence electrons. The molecule has 1 aliphatic rings. The number of sulfonamides is 1. The van der Waals surface area contributed by atoms with Crippen LogP contribution in [0.2, 0.25) is 0 Å². The molecule has 0 aliphatic carbocycles. The largest absolute Gasteiger partial charge is 0.473 e. The van der Waals surface area contributed by atoms with Gasteiger partial charge in [-0.1, -0.05) is 0 Å². The maximum absolute atomic E-state index is 12.6. The number of hydrogen-bond donors (Lipinski definition) is 0. The summed E-state index contributed by atoms with van der Waals surface area (Å²) < 4.78 is 104. The van der Waals surface area contributed by atoms with Gasteiger partial charge in [-0.05, 0) is 12.5 Å². The molecule has 0 bridgehead atoms. The van der Waals surface area contributed by atoms with Crippen LogP contribution in [0, 0.1) is 0 Å². The second-order valence-corrected chi connectivity index (χ2v) is 7.54. The van der Waals surface area contributed by atoms with E-state index in [1.54, 1.807) is 0 Å². The zero-order valence-electron chi connectivity index (χ0n) is 12.6. The number of nitrogens with zero attached hydrogens (tertiary/aromatic N) is 2. The Hall–Kier alpha value is -1.56. The molecule has 1 unspecified atom stereocenters. The number of aromatic nitrogens is 1. The quantitative estimate of drug-likeness (QED) is 0.724. The van der Waals surface area contributed by atoms with E-state index in [1.165, 1.54) is 0 Å². The fourth-order valence-electron chi connectivity index (χ4n) is 2.24. The lowest BCUT2D eigenvalue weighted by atomic mass is 10.2. The van der Waals surface area contributed by atoms with E-state index in [4.69, 9.17) is 4.74 Å². The monoisotopic (exact) mass is 392 g/mol. The molecule has 0 aromatic carbocycles. The van der Waals surface area contributed by atoms with Crippen LogP contribution >= 0.6 is 0 Å². The van der Waals surface area contributed by atoms with Gasteiger partial charge in [0.2, 0.25) is 15.9 Å². The Morgan fingerprint density at radius 1 is 1.24 bits per heavy atom. The molecule has 1 aromatic rings. The number of ether oxygens (including phenoxy) is 1. The first kappa shape index (κ1) is 19.8. The van der Waals surface area contributed by atoms with Crippen molar-refractivity contribution in [3.8, 4) is 5.88 Å². The Morgan fingerprint density at radius 3 is 2.52 bits per heavy atom. The third kappa shape index (κ3) is 5.73. The normalized spacial score (nSPS) is 20.0. The molecule has 0 N–H and O–H groups in total. The van der Waals surface area contributed by atoms with Crippen molar-refractivity contribution in [3.63, 3.8) is 0 Å². The van der Waals surface area contributed by atoms with Gasteiger partial charge in [-0.2, -0.15) is 30.6 Å². The summed E-state index contributed by atoms with van der Waals surface area (Å²) in [4.78, 5) is 3.63. The lowest BCUT2D eigenvalue weighted by Gasteiger charge is -2.17. The zero-order chi connectivity index (χ0) is 18.9. The number of rotatable bonds is 5. The SMILES string of the molecule is O=S(=O)(CCC(F)(F)F)N1CCC(Oc2cc(C(F)(F)F)ccn2)C1. The smallest absolute Gasteiger partial charge is 0.416 e. The first-order valence-electron chi connectivity index (χ1n) is 7.11. The highest BCUT2D eigenvalue weighted by molar-refractivity contribution is 7.89. The van der Waals surface area contributed by atoms with E-state index in [-0.39, 0.29) is 25.4 Å². The van der Waals surface area contributed by atoms with Gasteiger partial charge < -0.3 is 4.74 Å². The second-order valence-electron chi connectivity index (χ2n) is 5.45. The van der Waals surface area contributed by atoms with Crippen molar-refractivity contribution in [3.05, 3.63) is 23.9 Å². The standard InChI is InChI=1S/C13H14F6N2O3S/c14-12(15,16)3-6-25(22,23)21-5-2-10(8-21)24-11-7-9(1-4-20-11)13(17,18)19/h1,4,7,10H,2-3,5-6,8H2. The molecule has 0 saturated carbocycles. The lowest BCUT2D eigenvalue weighted by molar-refractivity contribution is -0.137. The molecule has 2 rings (SSSR count). The van der Waals surface area contributed by atoms with Gasteiger partial charge in [-0.25, -0.2) is 13.4 Å². The molecule has 1 atom stereocenters. The third-order valence-electron chi connectivity index (χ3n) is 3.49. The number of hydrogen-bond acceptors (Lipinski definition) is 4. The van der Waals surface area contributed by atoms with Gasteiger partial charge in [-0.3, -0.25) is 0 Å². The van der Waals surface area contributed by atoms with Crippen molar-refractivity contribution in [1.29, 1.82) is 0 Å². The zero-order valence-corrected chi connectivity index (χ0v) is 13.5. The van der Waals surface area contributed by atoms with Crippen molar-refractivity contribution in [2.75, 3.05) is 18.8 Å². The van der Waals surface area contributed by atoms with E-state index in [0.29, 0.717) is 6.07 Å². The maximum Gasteiger partial charge on any atom is 0.416 e. The highest BCUT2D eigenvalue weighted by atomic mass is 32.2. The van der Waals surface area contributed by atoms with E-state index in [0.717, 1.165) is 16.6 Å². The minimum atomic E-state index is -4.59. The lowest BCUT2D eigenvalue weighted by Crippen LogP contribution is -2.34. The Labute approximate surface area is 139 Å². The Morgan fingerprint density at radius 2 is 1.92 bits per heavy atom. The molecular formula is C13H14F6N2O3S. The summed E-state index contributed by atoms with van der Waals surface area (Å²) in [5.41, 5.74) is -0.967. The van der Waals surface area contributed by atoms with E-state index in [9.17, 15) is 34.8 Å². The summed E-state index contributed by atoms with van der Waals surface area (Å²) in [6.07, 6.45) is -10.4. The summed E-state index contributed by atoms with van der Waals surface area (Å²) in [5.74, 6) is -1.40. The minimum absolute atomic E-state index is 0.0657. The van der Waals surface area contributed by atoms with Crippen molar-refractivity contribution in [2.24, 2.45) is 0 Å². The second kappa shape index (κ2) is 6.98. The molecule has 1 saturated heterocycles. The van der Waals surface area contributed by atoms with Crippen molar-refractivity contribution in [2.45, 2.75) is 31.3 Å². The predicted molar refractivity (Wildman–Crippen MR) is 74.3 cm³/mol. The van der Waals surface area contributed by atoms with Gasteiger partial charge in [-0.15, -0.1) is 0 Å². The van der Waals surface area contributed by atoms with E-state index >= 15 is 0 Å². The number of pyridine rings is 1. The van der Waals surface area contributed by atoms with Crippen LogP contribution in [0.4, 0.5) is 26.3 Å². The maximum atomic E-state index is 12.6. The molecule has 0 amide bonds. The van der Waals surface area contributed by atoms with Crippen molar-refractivity contribution >= 4 is 10.0 Å². The third-order valence-corrected chi connectivity index (χ3v) is 5.33. The van der Waals surface area contributed by atoms with E-state index in [1.807, 2.05) is 0 Å². The van der Waals surface area contributed by atoms with Crippen molar-refractivity contribution in [1.82, 2.24) is 9.29 Å². The first-order chi connectivity index (χ1) is 11.4. The summed E-state index contributed by atoms with van der Waals surface area (Å²) in [6, 6.07) is 1.44. The Kier molecular flexibility index (Phi) is 5.52. The average molecular weight is 392 g/mol. The average Bonchev–Trinajstić information content (AvgIpc) is 2.93. The molecular weight excluding hydrogens is 378 g/mol. The van der Waals surface area contributed by atoms with Gasteiger partial charge in [0.1, 0.15) is 6.10 Å². The fraction of sp³-hybridized carbons (Fsp3) is 0.615. The molecule has 1 aromatic heterocycles. The molecule has 1 aliphatic heterocycles. The molecule has 2 heterocycles. The van der Waals surface area contributed by atoms with E-state index < -0.39 is 46.2 Å². The summed E-state index contributed by atoms with van der Waals surface area (Å²) in [7, 11) is -4.12. The van der Waals surface area contributed by atoms with Gasteiger partial charge in [0.15, 0.2) is 0 Å². The van der Waals surface area contributed by atoms with Gasteiger partial charge in [0, 0.05) is 18.8 Å². The fourth-order valence-corrected chi connectivity index (χ4v) is 3.77. The van der Waals surface area contributed by atoms with Crippen LogP contribution in [-0.4, -0.2) is 48.8 Å². The van der Waals surface area contributed by atoms with Crippen LogP contribution in [0.1, 0.15) is 18.4 Å². The predicted octanol–water partition coefficient (Wildman–Crippen LogP) is 2.84. The Balaban J connectivity index is 1.97. The minimum Gasteiger partial charge on any atom is -0.473 e. The van der Waals surface area contributed by atoms with Crippen LogP contribution in [0.15, 0.2) is 18.3 Å². The highest BCUT2D eigenvalue weighted by Crippen LogP contribution is 2.31. The first-order valence-corrected chi connectivity index (χ1v) is 8.72. The van der Waals surface area contributed by atoms with Gasteiger partial charge in [0.25, 0.3) is 0 Å². The summed E-state index contributed by atoms with van der Waals surface area (Å²) >= 11 is 0. The van der Waals surface area contributed by atoms with Crippen LogP contribution in [0.5, 0.6) is 5.88 Å². The van der Waals surface area contributed by atoms with Crippen LogP contribution in [0.25, 0.3) is 0 Å². The van der Waals surface area contributed by atoms with E-state index in [2.05, 4.69) is 4.98 Å². The molecule has 0 spiro atoms. The van der Waals surface area contributed by atoms with Gasteiger partial charge >= 0.3 is 12.4 Å². The van der Waals surface area contributed by atoms with Crippen molar-refractivity contribution < 1.29 is 39.5 Å². The van der Waals surface area contributed by atoms with Crippen LogP contribution in [-0.2, 0) is 16.2 Å². The molecule has 12 heteroatoms.